The van der Waals surface area contributed by atoms with Crippen LogP contribution in [0.15, 0.2) is 0 Å². The van der Waals surface area contributed by atoms with Gasteiger partial charge in [0.2, 0.25) is 0 Å². The third kappa shape index (κ3) is 3.08. The van der Waals surface area contributed by atoms with Gasteiger partial charge in [0.05, 0.1) is 0 Å². The second-order valence-electron chi connectivity index (χ2n) is 3.33. The maximum Gasteiger partial charge on any atom is 0.137 e. The van der Waals surface area contributed by atoms with Crippen LogP contribution in [0.3, 0.4) is 0 Å². The van der Waals surface area contributed by atoms with Gasteiger partial charge in [-0.25, -0.2) is 0 Å². The molecule has 0 aliphatic carbocycles. The lowest BCUT2D eigenvalue weighted by Gasteiger charge is -2.07. The van der Waals surface area contributed by atoms with E-state index in [1.807, 2.05) is 21.6 Å². The van der Waals surface area contributed by atoms with Gasteiger partial charge in [-0.1, -0.05) is 35.4 Å². The standard InChI is InChI=1S/C8H14OS2/c1-6(2)3-8(9)7-4-10-11-5-7/h6-7H,3-5H2,1-2H3. The van der Waals surface area contributed by atoms with Crippen LogP contribution < -0.4 is 0 Å². The van der Waals surface area contributed by atoms with Crippen molar-refractivity contribution in [2.75, 3.05) is 11.5 Å². The summed E-state index contributed by atoms with van der Waals surface area (Å²) in [5.74, 6) is 3.43. The molecule has 3 heteroatoms. The van der Waals surface area contributed by atoms with Gasteiger partial charge in [0.25, 0.3) is 0 Å². The van der Waals surface area contributed by atoms with Gasteiger partial charge in [0, 0.05) is 23.8 Å². The minimum absolute atomic E-state index is 0.354. The normalized spacial score (nSPS) is 19.5. The monoisotopic (exact) mass is 190 g/mol. The molecular weight excluding hydrogens is 176 g/mol. The molecule has 1 nitrogen and oxygen atoms in total. The largest absolute Gasteiger partial charge is 0.299 e. The van der Waals surface area contributed by atoms with Gasteiger partial charge in [0.15, 0.2) is 0 Å². The zero-order valence-corrected chi connectivity index (χ0v) is 8.63. The van der Waals surface area contributed by atoms with Crippen LogP contribution in [0.1, 0.15) is 20.3 Å². The summed E-state index contributed by atoms with van der Waals surface area (Å²) in [5, 5.41) is 0. The van der Waals surface area contributed by atoms with Crippen molar-refractivity contribution < 1.29 is 4.79 Å². The molecule has 0 radical (unpaired) electrons. The Labute approximate surface area is 76.1 Å². The Kier molecular flexibility index (Phi) is 3.79. The van der Waals surface area contributed by atoms with E-state index in [0.29, 0.717) is 17.6 Å². The molecule has 0 spiro atoms. The summed E-state index contributed by atoms with van der Waals surface area (Å²) < 4.78 is 0. The highest BCUT2D eigenvalue weighted by Gasteiger charge is 2.23. The van der Waals surface area contributed by atoms with Gasteiger partial charge >= 0.3 is 0 Å². The molecule has 0 aromatic heterocycles. The van der Waals surface area contributed by atoms with E-state index in [2.05, 4.69) is 13.8 Å². The molecule has 1 heterocycles. The maximum absolute atomic E-state index is 11.4. The van der Waals surface area contributed by atoms with Crippen LogP contribution in [-0.4, -0.2) is 17.3 Å². The molecule has 0 unspecified atom stereocenters. The van der Waals surface area contributed by atoms with Crippen molar-refractivity contribution in [3.05, 3.63) is 0 Å². The van der Waals surface area contributed by atoms with Crippen LogP contribution in [0.2, 0.25) is 0 Å². The first-order valence-corrected chi connectivity index (χ1v) is 6.46. The van der Waals surface area contributed by atoms with Crippen LogP contribution in [0.25, 0.3) is 0 Å². The Balaban J connectivity index is 2.28. The predicted molar refractivity (Wildman–Crippen MR) is 52.9 cm³/mol. The average Bonchev–Trinajstić information content (AvgIpc) is 2.35. The van der Waals surface area contributed by atoms with Crippen molar-refractivity contribution in [3.63, 3.8) is 0 Å². The van der Waals surface area contributed by atoms with Crippen LogP contribution in [0.5, 0.6) is 0 Å². The van der Waals surface area contributed by atoms with Crippen molar-refractivity contribution in [2.45, 2.75) is 20.3 Å². The molecule has 1 fully saturated rings. The van der Waals surface area contributed by atoms with E-state index in [-0.39, 0.29) is 0 Å². The number of hydrogen-bond donors (Lipinski definition) is 0. The molecule has 0 saturated carbocycles. The maximum atomic E-state index is 11.4. The van der Waals surface area contributed by atoms with E-state index in [1.54, 1.807) is 0 Å². The molecule has 64 valence electrons. The van der Waals surface area contributed by atoms with Gasteiger partial charge in [0.1, 0.15) is 5.78 Å². The van der Waals surface area contributed by atoms with Gasteiger partial charge in [-0.15, -0.1) is 0 Å². The van der Waals surface area contributed by atoms with Crippen molar-refractivity contribution >= 4 is 27.4 Å². The number of rotatable bonds is 3. The molecule has 0 aromatic carbocycles. The lowest BCUT2D eigenvalue weighted by Crippen LogP contribution is -2.17. The van der Waals surface area contributed by atoms with Crippen LogP contribution >= 0.6 is 21.6 Å². The predicted octanol–water partition coefficient (Wildman–Crippen LogP) is 2.61. The van der Waals surface area contributed by atoms with Crippen LogP contribution in [-0.2, 0) is 4.79 Å². The minimum atomic E-state index is 0.354. The topological polar surface area (TPSA) is 17.1 Å². The van der Waals surface area contributed by atoms with Gasteiger partial charge < -0.3 is 0 Å². The van der Waals surface area contributed by atoms with E-state index in [0.717, 1.165) is 17.9 Å². The van der Waals surface area contributed by atoms with Crippen molar-refractivity contribution in [2.24, 2.45) is 11.8 Å². The molecule has 1 rings (SSSR count). The summed E-state index contributed by atoms with van der Waals surface area (Å²) >= 11 is 0. The quantitative estimate of drug-likeness (QED) is 0.637. The van der Waals surface area contributed by atoms with Crippen molar-refractivity contribution in [3.8, 4) is 0 Å². The molecule has 0 N–H and O–H groups in total. The third-order valence-electron chi connectivity index (χ3n) is 1.69. The van der Waals surface area contributed by atoms with Gasteiger partial charge in [-0.05, 0) is 5.92 Å². The summed E-state index contributed by atoms with van der Waals surface area (Å²) in [6, 6.07) is 0. The first-order valence-electron chi connectivity index (χ1n) is 3.97. The zero-order valence-electron chi connectivity index (χ0n) is 7.00. The third-order valence-corrected chi connectivity index (χ3v) is 4.25. The first-order chi connectivity index (χ1) is 5.20. The number of hydrogen-bond acceptors (Lipinski definition) is 3. The molecule has 1 saturated heterocycles. The van der Waals surface area contributed by atoms with E-state index < -0.39 is 0 Å². The van der Waals surface area contributed by atoms with Crippen LogP contribution in [0.4, 0.5) is 0 Å². The number of Topliss-reactive ketones (excluding diaryl/α,β-unsaturated/α-hetero) is 1. The van der Waals surface area contributed by atoms with E-state index in [1.165, 1.54) is 0 Å². The minimum Gasteiger partial charge on any atom is -0.299 e. The summed E-state index contributed by atoms with van der Waals surface area (Å²) in [5.41, 5.74) is 0. The highest BCUT2D eigenvalue weighted by molar-refractivity contribution is 8.77. The molecule has 1 aliphatic heterocycles. The Morgan fingerprint density at radius 2 is 2.00 bits per heavy atom. The fraction of sp³-hybridized carbons (Fsp3) is 0.875. The van der Waals surface area contributed by atoms with E-state index in [9.17, 15) is 4.79 Å². The van der Waals surface area contributed by atoms with E-state index in [4.69, 9.17) is 0 Å². The fourth-order valence-corrected chi connectivity index (χ4v) is 3.90. The SMILES string of the molecule is CC(C)CC(=O)C1CSSC1. The number of carbonyl (C=O) groups is 1. The van der Waals surface area contributed by atoms with Crippen molar-refractivity contribution in [1.29, 1.82) is 0 Å². The number of carbonyl (C=O) groups excluding carboxylic acids is 1. The van der Waals surface area contributed by atoms with E-state index >= 15 is 0 Å². The summed E-state index contributed by atoms with van der Waals surface area (Å²) in [7, 11) is 3.67. The summed E-state index contributed by atoms with van der Waals surface area (Å²) in [6.07, 6.45) is 0.770. The second-order valence-corrected chi connectivity index (χ2v) is 5.88. The molecule has 1 aliphatic rings. The average molecular weight is 190 g/mol. The molecule has 11 heavy (non-hydrogen) atoms. The Hall–Kier alpha value is 0.370. The molecule has 0 atom stereocenters. The molecular formula is C8H14OS2. The van der Waals surface area contributed by atoms with Crippen LogP contribution in [0, 0.1) is 11.8 Å². The number of ketones is 1. The Morgan fingerprint density at radius 1 is 1.45 bits per heavy atom. The first kappa shape index (κ1) is 9.46. The zero-order chi connectivity index (χ0) is 8.27. The Bertz CT molecular complexity index is 139. The Morgan fingerprint density at radius 3 is 2.45 bits per heavy atom. The second kappa shape index (κ2) is 4.41. The summed E-state index contributed by atoms with van der Waals surface area (Å²) in [6.45, 7) is 4.21. The van der Waals surface area contributed by atoms with Gasteiger partial charge in [-0.3, -0.25) is 4.79 Å². The smallest absolute Gasteiger partial charge is 0.137 e. The molecule has 0 aromatic rings. The van der Waals surface area contributed by atoms with Gasteiger partial charge in [-0.2, -0.15) is 0 Å². The summed E-state index contributed by atoms with van der Waals surface area (Å²) in [4.78, 5) is 11.4. The lowest BCUT2D eigenvalue weighted by atomic mass is 9.99. The lowest BCUT2D eigenvalue weighted by molar-refractivity contribution is -0.122. The highest BCUT2D eigenvalue weighted by atomic mass is 33.1. The molecule has 0 bridgehead atoms. The van der Waals surface area contributed by atoms with Crippen molar-refractivity contribution in [1.82, 2.24) is 0 Å². The fourth-order valence-electron chi connectivity index (χ4n) is 1.06. The molecule has 0 amide bonds. The highest BCUT2D eigenvalue weighted by Crippen LogP contribution is 2.35.